The Bertz CT molecular complexity index is 537. The van der Waals surface area contributed by atoms with E-state index in [1.807, 2.05) is 31.2 Å². The molecule has 1 aromatic carbocycles. The van der Waals surface area contributed by atoms with Crippen molar-refractivity contribution in [2.45, 2.75) is 6.92 Å². The Hall–Kier alpha value is -1.68. The van der Waals surface area contributed by atoms with Crippen LogP contribution in [0.5, 0.6) is 0 Å². The van der Waals surface area contributed by atoms with Crippen LogP contribution in [0.1, 0.15) is 15.9 Å². The Morgan fingerprint density at radius 1 is 1.29 bits per heavy atom. The summed E-state index contributed by atoms with van der Waals surface area (Å²) in [6.45, 7) is 1.98. The van der Waals surface area contributed by atoms with Crippen molar-refractivity contribution in [3.8, 4) is 0 Å². The Kier molecular flexibility index (Phi) is 3.54. The van der Waals surface area contributed by atoms with E-state index in [-0.39, 0.29) is 5.91 Å². The molecule has 0 unspecified atom stereocenters. The second-order valence-corrected chi connectivity index (χ2v) is 4.51. The quantitative estimate of drug-likeness (QED) is 0.862. The van der Waals surface area contributed by atoms with Crippen molar-refractivity contribution < 1.29 is 4.79 Å². The molecular weight excluding hydrogens is 280 g/mol. The molecule has 0 spiro atoms. The highest BCUT2D eigenvalue weighted by Gasteiger charge is 2.06. The van der Waals surface area contributed by atoms with Gasteiger partial charge in [0, 0.05) is 11.9 Å². The van der Waals surface area contributed by atoms with Crippen LogP contribution in [0.15, 0.2) is 47.2 Å². The second kappa shape index (κ2) is 5.10. The number of nitrogens with one attached hydrogen (secondary N) is 1. The van der Waals surface area contributed by atoms with Crippen LogP contribution in [0.4, 0.5) is 5.69 Å². The van der Waals surface area contributed by atoms with Crippen molar-refractivity contribution in [1.29, 1.82) is 0 Å². The van der Waals surface area contributed by atoms with E-state index >= 15 is 0 Å². The Labute approximate surface area is 108 Å². The zero-order valence-corrected chi connectivity index (χ0v) is 10.9. The first kappa shape index (κ1) is 11.8. The van der Waals surface area contributed by atoms with Gasteiger partial charge in [-0.15, -0.1) is 0 Å². The largest absolute Gasteiger partial charge is 0.322 e. The molecule has 2 aromatic rings. The molecule has 86 valence electrons. The molecule has 1 aromatic heterocycles. The minimum atomic E-state index is -0.157. The summed E-state index contributed by atoms with van der Waals surface area (Å²) in [6.07, 6.45) is 1.54. The van der Waals surface area contributed by atoms with Gasteiger partial charge in [0.2, 0.25) is 0 Å². The second-order valence-electron chi connectivity index (χ2n) is 3.69. The van der Waals surface area contributed by atoms with E-state index in [9.17, 15) is 4.79 Å². The molecule has 0 aliphatic heterocycles. The van der Waals surface area contributed by atoms with Gasteiger partial charge in [-0.2, -0.15) is 0 Å². The molecule has 17 heavy (non-hydrogen) atoms. The van der Waals surface area contributed by atoms with E-state index in [0.717, 1.165) is 11.3 Å². The van der Waals surface area contributed by atoms with Crippen molar-refractivity contribution in [2.24, 2.45) is 0 Å². The highest BCUT2D eigenvalue weighted by Crippen LogP contribution is 2.12. The molecule has 1 amide bonds. The number of halogens is 1. The Morgan fingerprint density at radius 3 is 2.76 bits per heavy atom. The lowest BCUT2D eigenvalue weighted by molar-refractivity contribution is 0.102. The number of pyridine rings is 1. The number of carbonyl (C=O) groups excluding carboxylic acids is 1. The van der Waals surface area contributed by atoms with Gasteiger partial charge >= 0.3 is 0 Å². The lowest BCUT2D eigenvalue weighted by Gasteiger charge is -2.05. The molecule has 0 bridgehead atoms. The first-order valence-electron chi connectivity index (χ1n) is 5.15. The van der Waals surface area contributed by atoms with Gasteiger partial charge in [-0.3, -0.25) is 4.79 Å². The molecule has 0 aliphatic rings. The van der Waals surface area contributed by atoms with Crippen molar-refractivity contribution in [2.75, 3.05) is 5.32 Å². The predicted octanol–water partition coefficient (Wildman–Crippen LogP) is 3.40. The van der Waals surface area contributed by atoms with Crippen molar-refractivity contribution >= 4 is 27.5 Å². The first-order valence-corrected chi connectivity index (χ1v) is 5.94. The number of rotatable bonds is 2. The summed E-state index contributed by atoms with van der Waals surface area (Å²) in [6, 6.07) is 11.1. The maximum atomic E-state index is 11.9. The molecule has 4 heteroatoms. The van der Waals surface area contributed by atoms with Gasteiger partial charge in [0.25, 0.3) is 5.91 Å². The van der Waals surface area contributed by atoms with Gasteiger partial charge < -0.3 is 5.32 Å². The topological polar surface area (TPSA) is 42.0 Å². The smallest absolute Gasteiger partial charge is 0.257 e. The monoisotopic (exact) mass is 290 g/mol. The van der Waals surface area contributed by atoms with Crippen LogP contribution in [0, 0.1) is 6.92 Å². The predicted molar refractivity (Wildman–Crippen MR) is 71.1 cm³/mol. The van der Waals surface area contributed by atoms with Gasteiger partial charge in [0.1, 0.15) is 4.60 Å². The van der Waals surface area contributed by atoms with E-state index < -0.39 is 0 Å². The summed E-state index contributed by atoms with van der Waals surface area (Å²) in [7, 11) is 0. The van der Waals surface area contributed by atoms with Crippen LogP contribution in [-0.2, 0) is 0 Å². The molecule has 0 saturated carbocycles. The maximum absolute atomic E-state index is 11.9. The summed E-state index contributed by atoms with van der Waals surface area (Å²) in [5.74, 6) is -0.157. The average Bonchev–Trinajstić information content (AvgIpc) is 2.29. The van der Waals surface area contributed by atoms with E-state index in [2.05, 4.69) is 26.2 Å². The standard InChI is InChI=1S/C13H11BrN2O/c1-9-3-2-4-11(7-9)16-13(17)10-5-6-12(14)15-8-10/h2-8H,1H3,(H,16,17). The summed E-state index contributed by atoms with van der Waals surface area (Å²) in [4.78, 5) is 15.9. The number of nitrogens with zero attached hydrogens (tertiary/aromatic N) is 1. The Morgan fingerprint density at radius 2 is 2.12 bits per heavy atom. The third-order valence-electron chi connectivity index (χ3n) is 2.27. The molecule has 1 N–H and O–H groups in total. The fourth-order valence-corrected chi connectivity index (χ4v) is 1.67. The Balaban J connectivity index is 2.14. The minimum Gasteiger partial charge on any atom is -0.322 e. The highest BCUT2D eigenvalue weighted by molar-refractivity contribution is 9.10. The maximum Gasteiger partial charge on any atom is 0.257 e. The van der Waals surface area contributed by atoms with Crippen LogP contribution in [-0.4, -0.2) is 10.9 Å². The number of aryl methyl sites for hydroxylation is 1. The van der Waals surface area contributed by atoms with E-state index in [1.165, 1.54) is 6.20 Å². The van der Waals surface area contributed by atoms with E-state index in [4.69, 9.17) is 0 Å². The average molecular weight is 291 g/mol. The number of benzene rings is 1. The zero-order valence-electron chi connectivity index (χ0n) is 9.27. The summed E-state index contributed by atoms with van der Waals surface area (Å²) < 4.78 is 0.713. The minimum absolute atomic E-state index is 0.157. The SMILES string of the molecule is Cc1cccc(NC(=O)c2ccc(Br)nc2)c1. The fourth-order valence-electron chi connectivity index (χ4n) is 1.44. The van der Waals surface area contributed by atoms with Gasteiger partial charge in [0.15, 0.2) is 0 Å². The molecule has 0 aliphatic carbocycles. The summed E-state index contributed by atoms with van der Waals surface area (Å²) in [5, 5.41) is 2.82. The molecular formula is C13H11BrN2O. The summed E-state index contributed by atoms with van der Waals surface area (Å²) >= 11 is 3.23. The van der Waals surface area contributed by atoms with Crippen LogP contribution in [0.2, 0.25) is 0 Å². The number of anilines is 1. The number of amides is 1. The lowest BCUT2D eigenvalue weighted by Crippen LogP contribution is -2.12. The van der Waals surface area contributed by atoms with Crippen molar-refractivity contribution in [3.63, 3.8) is 0 Å². The van der Waals surface area contributed by atoms with Crippen LogP contribution in [0.3, 0.4) is 0 Å². The normalized spacial score (nSPS) is 10.0. The summed E-state index contributed by atoms with van der Waals surface area (Å²) in [5.41, 5.74) is 2.43. The zero-order chi connectivity index (χ0) is 12.3. The van der Waals surface area contributed by atoms with Crippen molar-refractivity contribution in [3.05, 3.63) is 58.3 Å². The van der Waals surface area contributed by atoms with Gasteiger partial charge in [-0.05, 0) is 52.7 Å². The first-order chi connectivity index (χ1) is 8.15. The number of hydrogen-bond acceptors (Lipinski definition) is 2. The number of hydrogen-bond donors (Lipinski definition) is 1. The molecule has 0 radical (unpaired) electrons. The van der Waals surface area contributed by atoms with Crippen LogP contribution in [0.25, 0.3) is 0 Å². The van der Waals surface area contributed by atoms with Gasteiger partial charge in [-0.1, -0.05) is 12.1 Å². The van der Waals surface area contributed by atoms with Gasteiger partial charge in [-0.25, -0.2) is 4.98 Å². The van der Waals surface area contributed by atoms with E-state index in [1.54, 1.807) is 12.1 Å². The third-order valence-corrected chi connectivity index (χ3v) is 2.73. The molecule has 2 rings (SSSR count). The van der Waals surface area contributed by atoms with Crippen LogP contribution < -0.4 is 5.32 Å². The third kappa shape index (κ3) is 3.14. The number of aromatic nitrogens is 1. The molecule has 0 saturated heterocycles. The molecule has 1 heterocycles. The molecule has 0 fully saturated rings. The van der Waals surface area contributed by atoms with Gasteiger partial charge in [0.05, 0.1) is 5.56 Å². The lowest BCUT2D eigenvalue weighted by atomic mass is 10.2. The molecule has 3 nitrogen and oxygen atoms in total. The van der Waals surface area contributed by atoms with Crippen molar-refractivity contribution in [1.82, 2.24) is 4.98 Å². The van der Waals surface area contributed by atoms with E-state index in [0.29, 0.717) is 10.2 Å². The van der Waals surface area contributed by atoms with Crippen LogP contribution >= 0.6 is 15.9 Å². The number of carbonyl (C=O) groups is 1. The molecule has 0 atom stereocenters. The highest BCUT2D eigenvalue weighted by atomic mass is 79.9. The fraction of sp³-hybridized carbons (Fsp3) is 0.0769.